The van der Waals surface area contributed by atoms with Gasteiger partial charge in [0, 0.05) is 12.5 Å². The van der Waals surface area contributed by atoms with Gasteiger partial charge in [-0.2, -0.15) is 13.2 Å². The van der Waals surface area contributed by atoms with E-state index in [1.165, 1.54) is 5.32 Å². The summed E-state index contributed by atoms with van der Waals surface area (Å²) in [5, 5.41) is 11.8. The Hall–Kier alpha value is -3.70. The van der Waals surface area contributed by atoms with Crippen LogP contribution in [0.4, 0.5) is 26.7 Å². The zero-order valence-electron chi connectivity index (χ0n) is 17.8. The number of carbonyl (C=O) groups excluding carboxylic acids is 2. The third-order valence-corrected chi connectivity index (χ3v) is 6.16. The molecule has 2 aliphatic rings. The van der Waals surface area contributed by atoms with Crippen molar-refractivity contribution in [1.82, 2.24) is 10.6 Å². The molecule has 12 heteroatoms. The molecule has 4 rings (SSSR count). The minimum absolute atomic E-state index is 0.305. The number of amides is 2. The van der Waals surface area contributed by atoms with Gasteiger partial charge >= 0.3 is 18.2 Å². The van der Waals surface area contributed by atoms with Crippen LogP contribution < -0.4 is 10.6 Å². The number of halogens is 5. The lowest BCUT2D eigenvalue weighted by Gasteiger charge is -2.21. The number of ether oxygens (including phenoxy) is 1. The molecule has 1 unspecified atom stereocenters. The molecule has 0 spiro atoms. The Bertz CT molecular complexity index is 1120. The molecular weight excluding hydrogens is 479 g/mol. The van der Waals surface area contributed by atoms with E-state index in [0.717, 1.165) is 22.3 Å². The Balaban J connectivity index is 1.38. The fraction of sp³-hybridized carbons (Fsp3) is 0.348. The highest BCUT2D eigenvalue weighted by molar-refractivity contribution is 5.87. The Morgan fingerprint density at radius 2 is 1.54 bits per heavy atom. The minimum Gasteiger partial charge on any atom is -0.481 e. The maximum atomic E-state index is 13.4. The van der Waals surface area contributed by atoms with Crippen molar-refractivity contribution in [2.75, 3.05) is 13.2 Å². The molecule has 3 atom stereocenters. The number of alkyl halides is 5. The van der Waals surface area contributed by atoms with Gasteiger partial charge in [-0.1, -0.05) is 48.5 Å². The molecular formula is C23H19F5N2O5. The molecule has 0 radical (unpaired) electrons. The van der Waals surface area contributed by atoms with E-state index in [1.807, 2.05) is 36.4 Å². The van der Waals surface area contributed by atoms with Gasteiger partial charge in [0.1, 0.15) is 12.5 Å². The molecule has 7 nitrogen and oxygen atoms in total. The van der Waals surface area contributed by atoms with Crippen LogP contribution in [-0.2, 0) is 14.3 Å². The molecule has 1 fully saturated rings. The summed E-state index contributed by atoms with van der Waals surface area (Å²) in [6, 6.07) is 11.5. The van der Waals surface area contributed by atoms with Crippen LogP contribution in [0.15, 0.2) is 48.5 Å². The third-order valence-electron chi connectivity index (χ3n) is 6.16. The van der Waals surface area contributed by atoms with Gasteiger partial charge < -0.3 is 20.5 Å². The summed E-state index contributed by atoms with van der Waals surface area (Å²) in [6.07, 6.45) is -6.78. The second-order valence-corrected chi connectivity index (χ2v) is 8.29. The van der Waals surface area contributed by atoms with Crippen LogP contribution in [0.1, 0.15) is 17.0 Å². The molecule has 2 aromatic rings. The van der Waals surface area contributed by atoms with Gasteiger partial charge in [0.25, 0.3) is 11.8 Å². The molecule has 2 aromatic carbocycles. The fourth-order valence-electron chi connectivity index (χ4n) is 4.35. The van der Waals surface area contributed by atoms with Gasteiger partial charge in [0.15, 0.2) is 0 Å². The van der Waals surface area contributed by atoms with Gasteiger partial charge in [-0.15, -0.1) is 0 Å². The summed E-state index contributed by atoms with van der Waals surface area (Å²) in [7, 11) is 0. The first kappa shape index (κ1) is 24.4. The first-order valence-corrected chi connectivity index (χ1v) is 10.5. The monoisotopic (exact) mass is 498 g/mol. The second-order valence-electron chi connectivity index (χ2n) is 8.29. The average Bonchev–Trinajstić information content (AvgIpc) is 3.21. The lowest BCUT2D eigenvalue weighted by atomic mass is 9.98. The van der Waals surface area contributed by atoms with Crippen LogP contribution in [0, 0.1) is 11.8 Å². The number of hydrogen-bond donors (Lipinski definition) is 3. The van der Waals surface area contributed by atoms with Gasteiger partial charge in [-0.3, -0.25) is 9.59 Å². The largest absolute Gasteiger partial charge is 0.481 e. The lowest BCUT2D eigenvalue weighted by Crippen LogP contribution is -2.55. The zero-order chi connectivity index (χ0) is 25.5. The van der Waals surface area contributed by atoms with Crippen LogP contribution in [0.3, 0.4) is 0 Å². The number of fused-ring (bicyclic) bond motifs is 3. The van der Waals surface area contributed by atoms with Crippen molar-refractivity contribution in [1.29, 1.82) is 0 Å². The van der Waals surface area contributed by atoms with Crippen molar-refractivity contribution in [2.24, 2.45) is 11.8 Å². The molecule has 2 aliphatic carbocycles. The Morgan fingerprint density at radius 1 is 1.00 bits per heavy atom. The summed E-state index contributed by atoms with van der Waals surface area (Å²) in [5.41, 5.74) is 3.46. The first-order valence-electron chi connectivity index (χ1n) is 10.5. The molecule has 0 bridgehead atoms. The summed E-state index contributed by atoms with van der Waals surface area (Å²) >= 11 is 0. The summed E-state index contributed by atoms with van der Waals surface area (Å²) in [6.45, 7) is -1.30. The van der Waals surface area contributed by atoms with Crippen LogP contribution in [0.2, 0.25) is 0 Å². The maximum absolute atomic E-state index is 13.4. The Labute approximate surface area is 195 Å². The van der Waals surface area contributed by atoms with Crippen LogP contribution in [-0.4, -0.2) is 54.4 Å². The van der Waals surface area contributed by atoms with Crippen molar-refractivity contribution in [3.8, 4) is 11.1 Å². The zero-order valence-corrected chi connectivity index (χ0v) is 17.8. The molecule has 0 saturated heterocycles. The van der Waals surface area contributed by atoms with E-state index >= 15 is 0 Å². The molecule has 35 heavy (non-hydrogen) atoms. The predicted molar refractivity (Wildman–Crippen MR) is 111 cm³/mol. The highest BCUT2D eigenvalue weighted by Gasteiger charge is 2.72. The third kappa shape index (κ3) is 4.64. The van der Waals surface area contributed by atoms with E-state index < -0.39 is 60.4 Å². The topological polar surface area (TPSA) is 105 Å². The van der Waals surface area contributed by atoms with E-state index in [2.05, 4.69) is 0 Å². The van der Waals surface area contributed by atoms with Gasteiger partial charge in [-0.25, -0.2) is 13.6 Å². The molecule has 3 N–H and O–H groups in total. The van der Waals surface area contributed by atoms with E-state index in [4.69, 9.17) is 9.84 Å². The number of carbonyl (C=O) groups is 3. The molecule has 0 aliphatic heterocycles. The Morgan fingerprint density at radius 3 is 2.03 bits per heavy atom. The smallest absolute Gasteiger partial charge is 0.417 e. The number of hydrogen-bond acceptors (Lipinski definition) is 4. The minimum atomic E-state index is -5.26. The summed E-state index contributed by atoms with van der Waals surface area (Å²) < 4.78 is 72.0. The number of rotatable bonds is 7. The second kappa shape index (κ2) is 8.82. The van der Waals surface area contributed by atoms with E-state index in [9.17, 15) is 36.3 Å². The lowest BCUT2D eigenvalue weighted by molar-refractivity contribution is -0.167. The molecule has 0 aromatic heterocycles. The standard InChI is InChI=1S/C23H19F5N2O5/c24-22(25)16(17(22)20(32)33)9-29-19(31)18(23(26,27)28)30-21(34)35-10-15-13-7-3-1-5-11(13)12-6-2-4-8-14(12)15/h1-8,15-18H,9-10H2,(H,29,31)(H,30,34)(H,32,33)/t16-,17-,18?/m0/s1. The van der Waals surface area contributed by atoms with Gasteiger partial charge in [-0.05, 0) is 22.3 Å². The highest BCUT2D eigenvalue weighted by Crippen LogP contribution is 2.55. The molecule has 0 heterocycles. The quantitative estimate of drug-likeness (QED) is 0.507. The fourth-order valence-corrected chi connectivity index (χ4v) is 4.35. The number of carboxylic acids is 1. The van der Waals surface area contributed by atoms with Gasteiger partial charge in [0.2, 0.25) is 6.04 Å². The number of nitrogens with one attached hydrogen (secondary N) is 2. The number of alkyl carbamates (subject to hydrolysis) is 1. The van der Waals surface area contributed by atoms with Crippen molar-refractivity contribution < 1.29 is 46.2 Å². The molecule has 1 saturated carbocycles. The van der Waals surface area contributed by atoms with Crippen LogP contribution in [0.5, 0.6) is 0 Å². The van der Waals surface area contributed by atoms with Crippen molar-refractivity contribution in [3.05, 3.63) is 59.7 Å². The average molecular weight is 498 g/mol. The number of carboxylic acid groups (broad SMARTS) is 1. The van der Waals surface area contributed by atoms with Crippen LogP contribution >= 0.6 is 0 Å². The maximum Gasteiger partial charge on any atom is 0.417 e. The first-order chi connectivity index (χ1) is 16.4. The van der Waals surface area contributed by atoms with Crippen molar-refractivity contribution in [2.45, 2.75) is 24.1 Å². The highest BCUT2D eigenvalue weighted by atomic mass is 19.4. The normalized spacial score (nSPS) is 20.8. The predicted octanol–water partition coefficient (Wildman–Crippen LogP) is 3.54. The summed E-state index contributed by atoms with van der Waals surface area (Å²) in [4.78, 5) is 35.0. The molecule has 2 amide bonds. The van der Waals surface area contributed by atoms with Crippen molar-refractivity contribution >= 4 is 18.0 Å². The summed E-state index contributed by atoms with van der Waals surface area (Å²) in [5.74, 6) is -11.6. The van der Waals surface area contributed by atoms with E-state index in [1.54, 1.807) is 17.4 Å². The van der Waals surface area contributed by atoms with E-state index in [-0.39, 0.29) is 6.61 Å². The van der Waals surface area contributed by atoms with Crippen molar-refractivity contribution in [3.63, 3.8) is 0 Å². The Kier molecular flexibility index (Phi) is 6.16. The van der Waals surface area contributed by atoms with Crippen LogP contribution in [0.25, 0.3) is 11.1 Å². The number of aliphatic carboxylic acids is 1. The van der Waals surface area contributed by atoms with Gasteiger partial charge in [0.05, 0.1) is 5.92 Å². The number of benzene rings is 2. The SMILES string of the molecule is O=C(NC(C(=O)NC[C@H]1[C@@H](C(=O)O)C1(F)F)C(F)(F)F)OCC1c2ccccc2-c2ccccc21. The van der Waals surface area contributed by atoms with E-state index in [0.29, 0.717) is 0 Å². The molecule has 186 valence electrons.